The predicted molar refractivity (Wildman–Crippen MR) is 226 cm³/mol. The van der Waals surface area contributed by atoms with E-state index in [0.29, 0.717) is 0 Å². The summed E-state index contributed by atoms with van der Waals surface area (Å²) in [6.45, 7) is 4.73. The summed E-state index contributed by atoms with van der Waals surface area (Å²) < 4.78 is 1.13. The van der Waals surface area contributed by atoms with Gasteiger partial charge in [0.25, 0.3) is 0 Å². The zero-order valence-corrected chi connectivity index (χ0v) is 31.9. The average Bonchev–Trinajstić information content (AvgIpc) is 3.63. The molecule has 0 nitrogen and oxygen atoms in total. The Labute approximate surface area is 326 Å². The third-order valence-corrected chi connectivity index (χ3v) is 13.4. The van der Waals surface area contributed by atoms with E-state index < -0.39 is 10.8 Å². The first-order chi connectivity index (χ1) is 26.4. The van der Waals surface area contributed by atoms with Crippen LogP contribution in [0, 0.1) is 0 Å². The number of rotatable bonds is 3. The van der Waals surface area contributed by atoms with E-state index in [2.05, 4.69) is 218 Å². The summed E-state index contributed by atoms with van der Waals surface area (Å²) in [4.78, 5) is 0. The van der Waals surface area contributed by atoms with Gasteiger partial charge in [-0.15, -0.1) is 0 Å². The maximum Gasteiger partial charge on any atom is 0.0720 e. The molecule has 0 aliphatic heterocycles. The highest BCUT2D eigenvalue weighted by Crippen LogP contribution is 2.65. The molecule has 0 bridgehead atoms. The number of benzene rings is 8. The number of halogens is 1. The molecular weight excluding hydrogens is 716 g/mol. The molecule has 0 heterocycles. The lowest BCUT2D eigenvalue weighted by Crippen LogP contribution is -2.44. The molecule has 0 saturated carbocycles. The van der Waals surface area contributed by atoms with Gasteiger partial charge in [0.2, 0.25) is 0 Å². The van der Waals surface area contributed by atoms with Crippen molar-refractivity contribution in [3.05, 3.63) is 248 Å². The van der Waals surface area contributed by atoms with Crippen LogP contribution in [0.4, 0.5) is 0 Å². The Morgan fingerprint density at radius 3 is 1.26 bits per heavy atom. The van der Waals surface area contributed by atoms with E-state index >= 15 is 0 Å². The van der Waals surface area contributed by atoms with Gasteiger partial charge in [0, 0.05) is 9.89 Å². The first-order valence-electron chi connectivity index (χ1n) is 19.0. The molecule has 0 fully saturated rings. The van der Waals surface area contributed by atoms with Crippen LogP contribution in [0.2, 0.25) is 0 Å². The largest absolute Gasteiger partial charge is 0.0720 e. The topological polar surface area (TPSA) is 0 Å². The lowest BCUT2D eigenvalue weighted by Gasteiger charge is -2.50. The van der Waals surface area contributed by atoms with Crippen molar-refractivity contribution >= 4 is 15.9 Å². The van der Waals surface area contributed by atoms with E-state index in [4.69, 9.17) is 0 Å². The molecule has 3 aliphatic rings. The SMILES string of the molecule is CC1(C)c2cc(Br)ccc2-c2ccc(-c3ccc4c(c3)C3(c5ccccc5-4)c4ccccc4C(c4ccccc4)(c4ccccc4)c4ccccc43)cc21. The maximum atomic E-state index is 3.74. The lowest BCUT2D eigenvalue weighted by atomic mass is 9.51. The van der Waals surface area contributed by atoms with E-state index in [1.165, 1.54) is 89.0 Å². The molecule has 1 heteroatoms. The molecule has 0 unspecified atom stereocenters. The van der Waals surface area contributed by atoms with Gasteiger partial charge in [-0.2, -0.15) is 0 Å². The Morgan fingerprint density at radius 1 is 0.315 bits per heavy atom. The van der Waals surface area contributed by atoms with Crippen molar-refractivity contribution in [3.63, 3.8) is 0 Å². The van der Waals surface area contributed by atoms with Crippen molar-refractivity contribution in [3.8, 4) is 33.4 Å². The molecule has 256 valence electrons. The molecule has 0 aromatic heterocycles. The van der Waals surface area contributed by atoms with Crippen LogP contribution in [-0.4, -0.2) is 0 Å². The summed E-state index contributed by atoms with van der Waals surface area (Å²) in [5.41, 5.74) is 20.0. The summed E-state index contributed by atoms with van der Waals surface area (Å²) in [5, 5.41) is 0. The predicted octanol–water partition coefficient (Wildman–Crippen LogP) is 13.5. The summed E-state index contributed by atoms with van der Waals surface area (Å²) in [5.74, 6) is 0. The molecule has 3 aliphatic carbocycles. The Bertz CT molecular complexity index is 2720. The highest BCUT2D eigenvalue weighted by atomic mass is 79.9. The molecule has 1 spiro atoms. The summed E-state index contributed by atoms with van der Waals surface area (Å²) >= 11 is 3.74. The Hall–Kier alpha value is -5.76. The minimum atomic E-state index is -0.513. The molecule has 8 aromatic carbocycles. The standard InChI is InChI=1S/C53H37Br/c1-51(2)48-31-34(25-28-40(48)41-30-27-38(54)33-49(41)51)35-26-29-42-39-19-9-10-20-43(39)53(50(42)32-35)46-23-13-11-21-44(46)52(36-15-5-3-6-16-36,37-17-7-4-8-18-37)45-22-12-14-24-47(45)53/h3-33H,1-2H3. The molecule has 8 aromatic rings. The highest BCUT2D eigenvalue weighted by Gasteiger charge is 2.56. The van der Waals surface area contributed by atoms with Gasteiger partial charge in [-0.3, -0.25) is 0 Å². The minimum absolute atomic E-state index is 0.0991. The van der Waals surface area contributed by atoms with Gasteiger partial charge in [0.1, 0.15) is 0 Å². The van der Waals surface area contributed by atoms with Crippen molar-refractivity contribution in [1.82, 2.24) is 0 Å². The fourth-order valence-corrected chi connectivity index (χ4v) is 11.0. The normalized spacial score (nSPS) is 15.8. The van der Waals surface area contributed by atoms with Gasteiger partial charge < -0.3 is 0 Å². The molecule has 0 atom stereocenters. The second kappa shape index (κ2) is 11.4. The zero-order valence-electron chi connectivity index (χ0n) is 30.3. The van der Waals surface area contributed by atoms with Crippen molar-refractivity contribution in [2.24, 2.45) is 0 Å². The quantitative estimate of drug-likeness (QED) is 0.169. The smallest absolute Gasteiger partial charge is 0.0622 e. The number of fused-ring (bicyclic) bond motifs is 12. The van der Waals surface area contributed by atoms with Crippen LogP contribution in [0.25, 0.3) is 33.4 Å². The second-order valence-electron chi connectivity index (χ2n) is 15.7. The Kier molecular flexibility index (Phi) is 6.68. The van der Waals surface area contributed by atoms with Gasteiger partial charge in [-0.25, -0.2) is 0 Å². The maximum absolute atomic E-state index is 3.74. The molecule has 0 radical (unpaired) electrons. The van der Waals surface area contributed by atoms with Crippen LogP contribution in [-0.2, 0) is 16.2 Å². The van der Waals surface area contributed by atoms with Crippen molar-refractivity contribution < 1.29 is 0 Å². The van der Waals surface area contributed by atoms with E-state index in [1.807, 2.05) is 0 Å². The van der Waals surface area contributed by atoms with Crippen LogP contribution in [0.15, 0.2) is 193 Å². The molecule has 54 heavy (non-hydrogen) atoms. The average molecular weight is 754 g/mol. The molecule has 0 amide bonds. The summed E-state index contributed by atoms with van der Waals surface area (Å²) in [6, 6.07) is 71.2. The van der Waals surface area contributed by atoms with Crippen LogP contribution in [0.1, 0.15) is 69.5 Å². The zero-order chi connectivity index (χ0) is 36.2. The fourth-order valence-electron chi connectivity index (χ4n) is 10.7. The summed E-state index contributed by atoms with van der Waals surface area (Å²) in [6.07, 6.45) is 0. The van der Waals surface area contributed by atoms with Gasteiger partial charge in [-0.05, 0) is 113 Å². The minimum Gasteiger partial charge on any atom is -0.0622 e. The van der Waals surface area contributed by atoms with Crippen LogP contribution in [0.3, 0.4) is 0 Å². The van der Waals surface area contributed by atoms with Gasteiger partial charge in [-0.1, -0.05) is 194 Å². The van der Waals surface area contributed by atoms with Crippen LogP contribution < -0.4 is 0 Å². The molecule has 0 N–H and O–H groups in total. The first-order valence-corrected chi connectivity index (χ1v) is 19.7. The van der Waals surface area contributed by atoms with Gasteiger partial charge in [0.15, 0.2) is 0 Å². The molecular formula is C53H37Br. The number of hydrogen-bond acceptors (Lipinski definition) is 0. The third kappa shape index (κ3) is 3.98. The van der Waals surface area contributed by atoms with E-state index in [9.17, 15) is 0 Å². The monoisotopic (exact) mass is 752 g/mol. The molecule has 11 rings (SSSR count). The Morgan fingerprint density at radius 2 is 0.704 bits per heavy atom. The van der Waals surface area contributed by atoms with Gasteiger partial charge >= 0.3 is 0 Å². The highest BCUT2D eigenvalue weighted by molar-refractivity contribution is 9.10. The van der Waals surface area contributed by atoms with E-state index in [0.717, 1.165) is 4.47 Å². The van der Waals surface area contributed by atoms with Crippen LogP contribution in [0.5, 0.6) is 0 Å². The van der Waals surface area contributed by atoms with E-state index in [1.54, 1.807) is 0 Å². The lowest BCUT2D eigenvalue weighted by molar-refractivity contribution is 0.624. The second-order valence-corrected chi connectivity index (χ2v) is 16.6. The summed E-state index contributed by atoms with van der Waals surface area (Å²) in [7, 11) is 0. The van der Waals surface area contributed by atoms with Gasteiger partial charge in [0.05, 0.1) is 10.8 Å². The first kappa shape index (κ1) is 31.7. The Balaban J connectivity index is 1.21. The van der Waals surface area contributed by atoms with Crippen molar-refractivity contribution in [1.29, 1.82) is 0 Å². The fraction of sp³-hybridized carbons (Fsp3) is 0.0943. The van der Waals surface area contributed by atoms with Crippen LogP contribution >= 0.6 is 15.9 Å². The molecule has 0 saturated heterocycles. The third-order valence-electron chi connectivity index (χ3n) is 12.9. The number of hydrogen-bond donors (Lipinski definition) is 0. The van der Waals surface area contributed by atoms with E-state index in [-0.39, 0.29) is 5.41 Å². The van der Waals surface area contributed by atoms with Crippen molar-refractivity contribution in [2.45, 2.75) is 30.1 Å². The van der Waals surface area contributed by atoms with Crippen molar-refractivity contribution in [2.75, 3.05) is 0 Å².